The van der Waals surface area contributed by atoms with E-state index in [0.717, 1.165) is 11.1 Å². The molecule has 0 aromatic rings. The van der Waals surface area contributed by atoms with Crippen LogP contribution in [0.5, 0.6) is 0 Å². The van der Waals surface area contributed by atoms with E-state index in [2.05, 4.69) is 15.6 Å². The van der Waals surface area contributed by atoms with Crippen molar-refractivity contribution in [1.82, 2.24) is 15.5 Å². The number of carbonyl (C=O) groups excluding carboxylic acids is 3. The SMILES string of the molecule is C/C=C1\CN(C(=O)[C@H](CCCN=C(N)N)NC(=O)C=C(C)C)[C@H](C(=O)N[C@@H](CC(C)C)C(=O)O)[C@@H]1C. The predicted octanol–water partition coefficient (Wildman–Crippen LogP) is 0.900. The number of carboxylic acid groups (broad SMARTS) is 1. The highest BCUT2D eigenvalue weighted by Crippen LogP contribution is 2.30. The van der Waals surface area contributed by atoms with Crippen LogP contribution in [0.1, 0.15) is 60.8 Å². The van der Waals surface area contributed by atoms with E-state index in [0.29, 0.717) is 6.42 Å². The number of likely N-dealkylation sites (tertiary alicyclic amines) is 1. The summed E-state index contributed by atoms with van der Waals surface area (Å²) in [6.07, 6.45) is 4.20. The zero-order valence-corrected chi connectivity index (χ0v) is 22.2. The third-order valence-electron chi connectivity index (χ3n) is 5.97. The molecule has 1 saturated heterocycles. The number of hydrogen-bond acceptors (Lipinski definition) is 5. The molecular weight excluding hydrogens is 464 g/mol. The second-order valence-electron chi connectivity index (χ2n) is 9.82. The molecule has 1 rings (SSSR count). The van der Waals surface area contributed by atoms with Gasteiger partial charge in [-0.05, 0) is 51.5 Å². The summed E-state index contributed by atoms with van der Waals surface area (Å²) in [6, 6.07) is -2.88. The second-order valence-corrected chi connectivity index (χ2v) is 9.82. The number of hydrogen-bond donors (Lipinski definition) is 5. The first kappa shape index (κ1) is 30.7. The maximum atomic E-state index is 13.7. The summed E-state index contributed by atoms with van der Waals surface area (Å²) < 4.78 is 0. The first-order valence-electron chi connectivity index (χ1n) is 12.3. The highest BCUT2D eigenvalue weighted by molar-refractivity contribution is 5.96. The van der Waals surface area contributed by atoms with E-state index in [4.69, 9.17) is 11.5 Å². The molecule has 0 spiro atoms. The lowest BCUT2D eigenvalue weighted by Crippen LogP contribution is -2.56. The van der Waals surface area contributed by atoms with Gasteiger partial charge in [0.2, 0.25) is 17.7 Å². The number of nitrogens with two attached hydrogens (primary N) is 2. The van der Waals surface area contributed by atoms with E-state index in [1.807, 2.05) is 33.8 Å². The van der Waals surface area contributed by atoms with E-state index < -0.39 is 41.8 Å². The minimum absolute atomic E-state index is 0.0520. The predicted molar refractivity (Wildman–Crippen MR) is 139 cm³/mol. The quantitative estimate of drug-likeness (QED) is 0.0857. The van der Waals surface area contributed by atoms with Gasteiger partial charge in [-0.3, -0.25) is 19.4 Å². The average molecular weight is 507 g/mol. The van der Waals surface area contributed by atoms with Crippen LogP contribution in [-0.2, 0) is 19.2 Å². The van der Waals surface area contributed by atoms with Crippen molar-refractivity contribution >= 4 is 29.7 Å². The Morgan fingerprint density at radius 1 is 1.17 bits per heavy atom. The highest BCUT2D eigenvalue weighted by atomic mass is 16.4. The Balaban J connectivity index is 3.24. The van der Waals surface area contributed by atoms with Gasteiger partial charge in [-0.2, -0.15) is 0 Å². The number of aliphatic imine (C=N–C) groups is 1. The fourth-order valence-corrected chi connectivity index (χ4v) is 4.24. The Kier molecular flexibility index (Phi) is 12.1. The lowest BCUT2D eigenvalue weighted by Gasteiger charge is -2.30. The van der Waals surface area contributed by atoms with Gasteiger partial charge in [0.05, 0.1) is 0 Å². The number of aliphatic carboxylic acids is 1. The third-order valence-corrected chi connectivity index (χ3v) is 5.97. The van der Waals surface area contributed by atoms with Crippen LogP contribution < -0.4 is 22.1 Å². The molecule has 3 amide bonds. The largest absolute Gasteiger partial charge is 0.480 e. The number of nitrogens with one attached hydrogen (secondary N) is 2. The summed E-state index contributed by atoms with van der Waals surface area (Å²) in [5, 5.41) is 14.9. The average Bonchev–Trinajstić information content (AvgIpc) is 3.10. The lowest BCUT2D eigenvalue weighted by atomic mass is 9.96. The molecular formula is C25H42N6O5. The monoisotopic (exact) mass is 506 g/mol. The molecule has 1 aliphatic rings. The summed E-state index contributed by atoms with van der Waals surface area (Å²) in [7, 11) is 0. The van der Waals surface area contributed by atoms with Gasteiger partial charge in [-0.15, -0.1) is 0 Å². The first-order valence-corrected chi connectivity index (χ1v) is 12.3. The van der Waals surface area contributed by atoms with Crippen molar-refractivity contribution in [3.8, 4) is 0 Å². The van der Waals surface area contributed by atoms with Gasteiger partial charge >= 0.3 is 5.97 Å². The van der Waals surface area contributed by atoms with Crippen molar-refractivity contribution in [3.63, 3.8) is 0 Å². The molecule has 1 aliphatic heterocycles. The molecule has 1 heterocycles. The van der Waals surface area contributed by atoms with Gasteiger partial charge in [-0.1, -0.05) is 32.4 Å². The number of amides is 3. The summed E-state index contributed by atoms with van der Waals surface area (Å²) >= 11 is 0. The van der Waals surface area contributed by atoms with Crippen LogP contribution in [0.15, 0.2) is 28.3 Å². The number of rotatable bonds is 12. The molecule has 0 aromatic heterocycles. The van der Waals surface area contributed by atoms with Gasteiger partial charge in [-0.25, -0.2) is 4.79 Å². The number of carboxylic acids is 1. The Morgan fingerprint density at radius 2 is 1.81 bits per heavy atom. The number of guanidine groups is 1. The normalized spacial score (nSPS) is 20.0. The molecule has 0 aromatic carbocycles. The molecule has 0 bridgehead atoms. The van der Waals surface area contributed by atoms with E-state index >= 15 is 0 Å². The maximum absolute atomic E-state index is 13.7. The van der Waals surface area contributed by atoms with Crippen LogP contribution >= 0.6 is 0 Å². The zero-order valence-electron chi connectivity index (χ0n) is 22.2. The van der Waals surface area contributed by atoms with Gasteiger partial charge in [0.25, 0.3) is 0 Å². The number of allylic oxidation sites excluding steroid dienone is 2. The van der Waals surface area contributed by atoms with E-state index in [1.54, 1.807) is 13.8 Å². The standard InChI is InChI=1S/C25H42N6O5/c1-7-17-13-31(21(16(17)6)22(33)30-19(24(35)36)11-14(2)3)23(34)18(9-8-10-28-25(26)27)29-20(32)12-15(4)5/h7,12,14,16,18-19,21H,8-11,13H2,1-6H3,(H,29,32)(H,30,33)(H,35,36)(H4,26,27,28)/b17-7+/t16-,18+,19+,21+/m1/s1. The van der Waals surface area contributed by atoms with Crippen LogP contribution in [0, 0.1) is 11.8 Å². The van der Waals surface area contributed by atoms with Gasteiger partial charge in [0.15, 0.2) is 5.96 Å². The van der Waals surface area contributed by atoms with Crippen molar-refractivity contribution in [2.45, 2.75) is 78.9 Å². The Morgan fingerprint density at radius 3 is 2.31 bits per heavy atom. The van der Waals surface area contributed by atoms with Gasteiger partial charge in [0, 0.05) is 25.1 Å². The Hall–Kier alpha value is -3.37. The molecule has 4 atom stereocenters. The van der Waals surface area contributed by atoms with Crippen molar-refractivity contribution < 1.29 is 24.3 Å². The smallest absolute Gasteiger partial charge is 0.326 e. The molecule has 0 radical (unpaired) electrons. The van der Waals surface area contributed by atoms with E-state index in [-0.39, 0.29) is 43.7 Å². The molecule has 0 unspecified atom stereocenters. The van der Waals surface area contributed by atoms with Crippen molar-refractivity contribution in [1.29, 1.82) is 0 Å². The second kappa shape index (κ2) is 14.3. The molecule has 11 nitrogen and oxygen atoms in total. The van der Waals surface area contributed by atoms with Crippen LogP contribution in [0.3, 0.4) is 0 Å². The minimum Gasteiger partial charge on any atom is -0.480 e. The molecule has 0 aliphatic carbocycles. The molecule has 1 fully saturated rings. The molecule has 11 heteroatoms. The molecule has 0 saturated carbocycles. The fourth-order valence-electron chi connectivity index (χ4n) is 4.24. The molecule has 202 valence electrons. The number of carbonyl (C=O) groups is 4. The topological polar surface area (TPSA) is 180 Å². The van der Waals surface area contributed by atoms with E-state index in [1.165, 1.54) is 11.0 Å². The third kappa shape index (κ3) is 9.35. The van der Waals surface area contributed by atoms with Crippen molar-refractivity contribution in [2.75, 3.05) is 13.1 Å². The summed E-state index contributed by atoms with van der Waals surface area (Å²) in [5.74, 6) is -2.83. The zero-order chi connectivity index (χ0) is 27.6. The Bertz CT molecular complexity index is 903. The van der Waals surface area contributed by atoms with Crippen LogP contribution in [0.2, 0.25) is 0 Å². The summed E-state index contributed by atoms with van der Waals surface area (Å²) in [4.78, 5) is 56.6. The maximum Gasteiger partial charge on any atom is 0.326 e. The van der Waals surface area contributed by atoms with Crippen LogP contribution in [0.25, 0.3) is 0 Å². The number of nitrogens with zero attached hydrogens (tertiary/aromatic N) is 2. The fraction of sp³-hybridized carbons (Fsp3) is 0.640. The van der Waals surface area contributed by atoms with E-state index in [9.17, 15) is 24.3 Å². The van der Waals surface area contributed by atoms with Crippen molar-refractivity contribution in [3.05, 3.63) is 23.3 Å². The summed E-state index contributed by atoms with van der Waals surface area (Å²) in [6.45, 7) is 11.4. The summed E-state index contributed by atoms with van der Waals surface area (Å²) in [5.41, 5.74) is 12.4. The van der Waals surface area contributed by atoms with Gasteiger partial charge < -0.3 is 32.1 Å². The molecule has 7 N–H and O–H groups in total. The minimum atomic E-state index is -1.13. The van der Waals surface area contributed by atoms with Crippen LogP contribution in [0.4, 0.5) is 0 Å². The Labute approximate surface area is 213 Å². The van der Waals surface area contributed by atoms with Crippen LogP contribution in [-0.4, -0.2) is 70.9 Å². The molecule has 36 heavy (non-hydrogen) atoms. The highest BCUT2D eigenvalue weighted by Gasteiger charge is 2.44. The van der Waals surface area contributed by atoms with Gasteiger partial charge in [0.1, 0.15) is 18.1 Å². The lowest BCUT2D eigenvalue weighted by molar-refractivity contribution is -0.145. The van der Waals surface area contributed by atoms with Crippen molar-refractivity contribution in [2.24, 2.45) is 28.3 Å². The first-order chi connectivity index (χ1) is 16.8.